The van der Waals surface area contributed by atoms with Crippen LogP contribution in [0.2, 0.25) is 0 Å². The maximum atomic E-state index is 9.19. The third-order valence-electron chi connectivity index (χ3n) is 0.0563. The van der Waals surface area contributed by atoms with E-state index in [-0.39, 0.29) is 0 Å². The van der Waals surface area contributed by atoms with Gasteiger partial charge in [-0.25, -0.2) is 0 Å². The van der Waals surface area contributed by atoms with Gasteiger partial charge < -0.3 is 0 Å². The second-order valence-corrected chi connectivity index (χ2v) is 2.04. The lowest BCUT2D eigenvalue weighted by Gasteiger charge is -1.36. The second kappa shape index (κ2) is 2.58. The Labute approximate surface area is 44.6 Å². The molecule has 0 amide bonds. The van der Waals surface area contributed by atoms with Gasteiger partial charge in [0.25, 0.3) is 0 Å². The molecule has 3 nitrogen and oxygen atoms in total. The molecule has 0 rings (SSSR count). The molecule has 0 unspecified atom stereocenters. The standard InChI is InChI=1S/INO2S/c1-2-5(3)4. The zero-order chi connectivity index (χ0) is 4.28. The van der Waals surface area contributed by atoms with Crippen molar-refractivity contribution in [3.63, 3.8) is 0 Å². The molecule has 0 aromatic rings. The Morgan fingerprint density at radius 1 is 1.60 bits per heavy atom. The lowest BCUT2D eigenvalue weighted by molar-refractivity contribution is 0.624. The Morgan fingerprint density at radius 3 is 1.80 bits per heavy atom. The van der Waals surface area contributed by atoms with Crippen molar-refractivity contribution in [1.29, 1.82) is 0 Å². The molecule has 0 aliphatic rings. The molecule has 0 aromatic heterocycles. The monoisotopic (exact) mass is 205 g/mol. The van der Waals surface area contributed by atoms with Crippen LogP contribution < -0.4 is 0 Å². The van der Waals surface area contributed by atoms with Crippen LogP contribution in [0.1, 0.15) is 0 Å². The first-order valence-electron chi connectivity index (χ1n) is 0.685. The van der Waals surface area contributed by atoms with Crippen molar-refractivity contribution in [3.05, 3.63) is 0 Å². The molecule has 0 aliphatic heterocycles. The summed E-state index contributed by atoms with van der Waals surface area (Å²) >= 11 is 1.39. The Bertz CT molecular complexity index is 113. The number of halogens is 1. The lowest BCUT2D eigenvalue weighted by atomic mass is 14.0. The molecule has 0 N–H and O–H groups in total. The molecule has 0 saturated heterocycles. The molecule has 0 saturated carbocycles. The summed E-state index contributed by atoms with van der Waals surface area (Å²) in [5.74, 6) is 0. The highest BCUT2D eigenvalue weighted by Crippen LogP contribution is 1.75. The Balaban J connectivity index is 4.25. The smallest absolute Gasteiger partial charge is 0.163 e. The van der Waals surface area contributed by atoms with E-state index in [1.807, 2.05) is 0 Å². The summed E-state index contributed by atoms with van der Waals surface area (Å²) in [6.07, 6.45) is 0. The third-order valence-corrected chi connectivity index (χ3v) is 1.13. The Hall–Kier alpha value is 0.350. The molecule has 30 valence electrons. The summed E-state index contributed by atoms with van der Waals surface area (Å²) in [4.78, 5) is 0. The predicted octanol–water partition coefficient (Wildman–Crippen LogP) is 0.399. The van der Waals surface area contributed by atoms with Gasteiger partial charge in [0.2, 0.25) is 0 Å². The number of rotatable bonds is 0. The van der Waals surface area contributed by atoms with Crippen LogP contribution in [0.25, 0.3) is 0 Å². The van der Waals surface area contributed by atoms with Crippen molar-refractivity contribution >= 4 is 33.4 Å². The van der Waals surface area contributed by atoms with Crippen LogP contribution in [-0.4, -0.2) is 8.42 Å². The van der Waals surface area contributed by atoms with E-state index in [0.717, 1.165) is 0 Å². The van der Waals surface area contributed by atoms with Crippen LogP contribution in [0.5, 0.6) is 0 Å². The molecular weight excluding hydrogens is 205 g/mol. The third kappa shape index (κ3) is 4.35. The van der Waals surface area contributed by atoms with E-state index >= 15 is 0 Å². The Kier molecular flexibility index (Phi) is 2.76. The molecule has 0 radical (unpaired) electrons. The lowest BCUT2D eigenvalue weighted by Crippen LogP contribution is -1.39. The first-order chi connectivity index (χ1) is 2.27. The molecule has 0 spiro atoms. The zero-order valence-electron chi connectivity index (χ0n) is 2.05. The van der Waals surface area contributed by atoms with Crippen LogP contribution in [0.15, 0.2) is 2.58 Å². The zero-order valence-corrected chi connectivity index (χ0v) is 5.02. The van der Waals surface area contributed by atoms with Crippen molar-refractivity contribution in [1.82, 2.24) is 0 Å². The molecule has 0 bridgehead atoms. The highest BCUT2D eigenvalue weighted by molar-refractivity contribution is 14.1. The number of hydrogen-bond donors (Lipinski definition) is 0. The van der Waals surface area contributed by atoms with Gasteiger partial charge in [0.1, 0.15) is 22.9 Å². The van der Waals surface area contributed by atoms with Gasteiger partial charge in [0, 0.05) is 0 Å². The second-order valence-electron chi connectivity index (χ2n) is 0.286. The van der Waals surface area contributed by atoms with Crippen molar-refractivity contribution < 1.29 is 8.42 Å². The largest absolute Gasteiger partial charge is 0.321 e. The fourth-order valence-electron chi connectivity index (χ4n) is 0. The van der Waals surface area contributed by atoms with Gasteiger partial charge in [-0.2, -0.15) is 8.42 Å². The van der Waals surface area contributed by atoms with Gasteiger partial charge in [-0.3, -0.25) is 0 Å². The quantitative estimate of drug-likeness (QED) is 0.537. The number of hydrogen-bond acceptors (Lipinski definition) is 3. The maximum Gasteiger partial charge on any atom is 0.321 e. The van der Waals surface area contributed by atoms with E-state index in [0.29, 0.717) is 0 Å². The first-order valence-corrected chi connectivity index (χ1v) is 2.68. The van der Waals surface area contributed by atoms with E-state index in [2.05, 4.69) is 2.58 Å². The van der Waals surface area contributed by atoms with Crippen LogP contribution in [0.4, 0.5) is 0 Å². The van der Waals surface area contributed by atoms with Gasteiger partial charge >= 0.3 is 10.5 Å². The molecule has 5 heteroatoms. The first kappa shape index (κ1) is 5.35. The van der Waals surface area contributed by atoms with Crippen LogP contribution in [0.3, 0.4) is 0 Å². The van der Waals surface area contributed by atoms with Crippen molar-refractivity contribution in [2.24, 2.45) is 2.58 Å². The van der Waals surface area contributed by atoms with Crippen molar-refractivity contribution in [3.8, 4) is 0 Å². The van der Waals surface area contributed by atoms with Crippen molar-refractivity contribution in [2.75, 3.05) is 0 Å². The van der Waals surface area contributed by atoms with Crippen LogP contribution in [0, 0.1) is 0 Å². The summed E-state index contributed by atoms with van der Waals surface area (Å²) in [5.41, 5.74) is 0. The summed E-state index contributed by atoms with van der Waals surface area (Å²) < 4.78 is 21.2. The highest BCUT2D eigenvalue weighted by Gasteiger charge is 1.50. The van der Waals surface area contributed by atoms with Crippen LogP contribution in [-0.2, 0) is 10.5 Å². The van der Waals surface area contributed by atoms with Gasteiger partial charge in [0.05, 0.1) is 0 Å². The van der Waals surface area contributed by atoms with E-state index in [9.17, 15) is 8.42 Å². The molecule has 0 fully saturated rings. The van der Waals surface area contributed by atoms with Gasteiger partial charge in [-0.05, 0) is 0 Å². The molecule has 0 atom stereocenters. The minimum Gasteiger partial charge on any atom is -0.163 e. The van der Waals surface area contributed by atoms with E-state index in [4.69, 9.17) is 0 Å². The SMILES string of the molecule is O=S(=O)=NI. The van der Waals surface area contributed by atoms with Gasteiger partial charge in [-0.15, -0.1) is 0 Å². The predicted molar refractivity (Wildman–Crippen MR) is 25.4 cm³/mol. The van der Waals surface area contributed by atoms with Gasteiger partial charge in [0.15, 0.2) is 0 Å². The number of nitrogens with zero attached hydrogens (tertiary/aromatic N) is 1. The molecule has 0 aliphatic carbocycles. The average Bonchev–Trinajstić information content (AvgIpc) is 1.38. The summed E-state index contributed by atoms with van der Waals surface area (Å²) in [6, 6.07) is 0. The van der Waals surface area contributed by atoms with Crippen molar-refractivity contribution in [2.45, 2.75) is 0 Å². The summed E-state index contributed by atoms with van der Waals surface area (Å²) in [5, 5.41) is 0. The highest BCUT2D eigenvalue weighted by atomic mass is 127. The maximum absolute atomic E-state index is 9.19. The van der Waals surface area contributed by atoms with Gasteiger partial charge in [-0.1, -0.05) is 2.58 Å². The summed E-state index contributed by atoms with van der Waals surface area (Å²) in [7, 11) is -2.21. The topological polar surface area (TPSA) is 46.5 Å². The van der Waals surface area contributed by atoms with Crippen LogP contribution >= 0.6 is 22.9 Å². The normalized spacial score (nSPS) is 6.60. The molecule has 5 heavy (non-hydrogen) atoms. The molecular formula is INO2S. The van der Waals surface area contributed by atoms with E-state index in [1.165, 1.54) is 22.9 Å². The fourth-order valence-corrected chi connectivity index (χ4v) is 0. The molecule has 0 aromatic carbocycles. The van der Waals surface area contributed by atoms with E-state index in [1.54, 1.807) is 0 Å². The fraction of sp³-hybridized carbons (Fsp3) is 0. The summed E-state index contributed by atoms with van der Waals surface area (Å²) in [6.45, 7) is 0. The average molecular weight is 205 g/mol. The molecule has 0 heterocycles. The van der Waals surface area contributed by atoms with E-state index < -0.39 is 10.5 Å². The minimum absolute atomic E-state index is 1.39. The minimum atomic E-state index is -2.21. The Morgan fingerprint density at radius 2 is 1.80 bits per heavy atom.